The third-order valence-corrected chi connectivity index (χ3v) is 3.26. The first-order valence-electron chi connectivity index (χ1n) is 6.88. The molecule has 2 aromatic rings. The molecule has 0 aliphatic rings. The molecule has 0 saturated heterocycles. The minimum atomic E-state index is 0.732. The molecule has 0 atom stereocenters. The number of aryl methyl sites for hydroxylation is 4. The van der Waals surface area contributed by atoms with Gasteiger partial charge >= 0.3 is 0 Å². The Hall–Kier alpha value is -1.88. The van der Waals surface area contributed by atoms with Crippen molar-refractivity contribution in [1.29, 1.82) is 0 Å². The Bertz CT molecular complexity index is 604. The van der Waals surface area contributed by atoms with Gasteiger partial charge in [-0.1, -0.05) is 6.92 Å². The lowest BCUT2D eigenvalue weighted by atomic mass is 10.2. The van der Waals surface area contributed by atoms with Gasteiger partial charge in [0, 0.05) is 19.3 Å². The van der Waals surface area contributed by atoms with E-state index in [1.54, 1.807) is 4.68 Å². The molecule has 5 nitrogen and oxygen atoms in total. The number of ether oxygens (including phenoxy) is 1. The highest BCUT2D eigenvalue weighted by atomic mass is 16.5. The van der Waals surface area contributed by atoms with Crippen LogP contribution in [0.3, 0.4) is 0 Å². The lowest BCUT2D eigenvalue weighted by molar-refractivity contribution is 0.418. The Morgan fingerprint density at radius 2 is 2.05 bits per heavy atom. The maximum absolute atomic E-state index is 6.09. The summed E-state index contributed by atoms with van der Waals surface area (Å²) in [5, 5.41) is 7.58. The Balaban J connectivity index is 2.39. The van der Waals surface area contributed by atoms with Gasteiger partial charge in [0.1, 0.15) is 0 Å². The number of hydrogen-bond donors (Lipinski definition) is 1. The minimum Gasteiger partial charge on any atom is -0.437 e. The average Bonchev–Trinajstić information content (AvgIpc) is 2.68. The number of pyridine rings is 1. The van der Waals surface area contributed by atoms with E-state index in [4.69, 9.17) is 4.74 Å². The van der Waals surface area contributed by atoms with Crippen molar-refractivity contribution >= 4 is 0 Å². The van der Waals surface area contributed by atoms with Gasteiger partial charge in [0.15, 0.2) is 5.75 Å². The molecule has 0 aromatic carbocycles. The van der Waals surface area contributed by atoms with E-state index in [0.29, 0.717) is 0 Å². The second-order valence-corrected chi connectivity index (χ2v) is 4.88. The smallest absolute Gasteiger partial charge is 0.222 e. The van der Waals surface area contributed by atoms with Crippen LogP contribution in [-0.4, -0.2) is 21.8 Å². The zero-order valence-corrected chi connectivity index (χ0v) is 12.8. The zero-order chi connectivity index (χ0) is 14.7. The first-order chi connectivity index (χ1) is 9.56. The fraction of sp³-hybridized carbons (Fsp3) is 0.467. The van der Waals surface area contributed by atoms with Crippen LogP contribution in [0.25, 0.3) is 0 Å². The second-order valence-electron chi connectivity index (χ2n) is 4.88. The standard InChI is InChI=1S/C15H22N4O/c1-6-13-14(8-7-10(2)17-13)20-15-12(9-16-4)11(3)18-19(15)5/h7-8,16H,6,9H2,1-5H3. The van der Waals surface area contributed by atoms with Crippen molar-refractivity contribution in [1.82, 2.24) is 20.1 Å². The molecule has 0 spiro atoms. The Kier molecular flexibility index (Phi) is 4.39. The topological polar surface area (TPSA) is 52.0 Å². The average molecular weight is 274 g/mol. The van der Waals surface area contributed by atoms with Crippen molar-refractivity contribution in [3.8, 4) is 11.6 Å². The maximum Gasteiger partial charge on any atom is 0.222 e. The summed E-state index contributed by atoms with van der Waals surface area (Å²) in [4.78, 5) is 4.53. The summed E-state index contributed by atoms with van der Waals surface area (Å²) in [7, 11) is 3.82. The molecule has 0 radical (unpaired) electrons. The Morgan fingerprint density at radius 1 is 1.30 bits per heavy atom. The van der Waals surface area contributed by atoms with E-state index in [9.17, 15) is 0 Å². The molecule has 0 aliphatic heterocycles. The van der Waals surface area contributed by atoms with Crippen LogP contribution >= 0.6 is 0 Å². The number of rotatable bonds is 5. The number of hydrogen-bond acceptors (Lipinski definition) is 4. The summed E-state index contributed by atoms with van der Waals surface area (Å²) in [6, 6.07) is 3.95. The van der Waals surface area contributed by atoms with Gasteiger partial charge in [0.25, 0.3) is 0 Å². The van der Waals surface area contributed by atoms with Crippen LogP contribution in [0, 0.1) is 13.8 Å². The molecule has 108 valence electrons. The third-order valence-electron chi connectivity index (χ3n) is 3.26. The van der Waals surface area contributed by atoms with E-state index in [-0.39, 0.29) is 0 Å². The largest absolute Gasteiger partial charge is 0.437 e. The molecule has 0 fully saturated rings. The van der Waals surface area contributed by atoms with Crippen LogP contribution in [0.5, 0.6) is 11.6 Å². The van der Waals surface area contributed by atoms with Crippen molar-refractivity contribution in [2.75, 3.05) is 7.05 Å². The summed E-state index contributed by atoms with van der Waals surface area (Å²) in [6.07, 6.45) is 0.842. The summed E-state index contributed by atoms with van der Waals surface area (Å²) < 4.78 is 7.87. The Labute approximate surface area is 120 Å². The fourth-order valence-corrected chi connectivity index (χ4v) is 2.24. The van der Waals surface area contributed by atoms with Gasteiger partial charge in [-0.2, -0.15) is 5.10 Å². The van der Waals surface area contributed by atoms with Gasteiger partial charge < -0.3 is 10.1 Å². The van der Waals surface area contributed by atoms with Crippen LogP contribution < -0.4 is 10.1 Å². The lowest BCUT2D eigenvalue weighted by Crippen LogP contribution is -2.07. The van der Waals surface area contributed by atoms with E-state index >= 15 is 0 Å². The van der Waals surface area contributed by atoms with Crippen molar-refractivity contribution < 1.29 is 4.74 Å². The molecule has 0 amide bonds. The number of aromatic nitrogens is 3. The molecule has 0 saturated carbocycles. The van der Waals surface area contributed by atoms with Gasteiger partial charge in [0.2, 0.25) is 5.88 Å². The lowest BCUT2D eigenvalue weighted by Gasteiger charge is -2.12. The van der Waals surface area contributed by atoms with Gasteiger partial charge in [-0.25, -0.2) is 4.68 Å². The maximum atomic E-state index is 6.09. The molecular formula is C15H22N4O. The molecule has 0 aliphatic carbocycles. The predicted molar refractivity (Wildman–Crippen MR) is 79.1 cm³/mol. The van der Waals surface area contributed by atoms with Crippen LogP contribution in [0.4, 0.5) is 0 Å². The SMILES string of the molecule is CCc1nc(C)ccc1Oc1c(CNC)c(C)nn1C. The van der Waals surface area contributed by atoms with E-state index in [1.807, 2.05) is 40.1 Å². The van der Waals surface area contributed by atoms with E-state index in [0.717, 1.165) is 47.2 Å². The molecule has 1 N–H and O–H groups in total. The first-order valence-corrected chi connectivity index (χ1v) is 6.88. The third kappa shape index (κ3) is 2.82. The van der Waals surface area contributed by atoms with E-state index in [2.05, 4.69) is 22.3 Å². The molecule has 20 heavy (non-hydrogen) atoms. The molecule has 2 aromatic heterocycles. The van der Waals surface area contributed by atoms with Gasteiger partial charge in [-0.3, -0.25) is 4.98 Å². The van der Waals surface area contributed by atoms with Crippen molar-refractivity contribution in [3.63, 3.8) is 0 Å². The molecule has 5 heteroatoms. The second kappa shape index (κ2) is 6.05. The Morgan fingerprint density at radius 3 is 2.70 bits per heavy atom. The number of nitrogens with zero attached hydrogens (tertiary/aromatic N) is 3. The fourth-order valence-electron chi connectivity index (χ4n) is 2.24. The van der Waals surface area contributed by atoms with Crippen molar-refractivity contribution in [2.45, 2.75) is 33.7 Å². The highest BCUT2D eigenvalue weighted by Gasteiger charge is 2.16. The predicted octanol–water partition coefficient (Wildman–Crippen LogP) is 2.51. The summed E-state index contributed by atoms with van der Waals surface area (Å²) >= 11 is 0. The summed E-state index contributed by atoms with van der Waals surface area (Å²) in [6.45, 7) is 6.80. The van der Waals surface area contributed by atoms with Gasteiger partial charge in [-0.05, 0) is 39.4 Å². The molecule has 2 rings (SSSR count). The van der Waals surface area contributed by atoms with E-state index in [1.165, 1.54) is 0 Å². The monoisotopic (exact) mass is 274 g/mol. The van der Waals surface area contributed by atoms with Crippen molar-refractivity contribution in [3.05, 3.63) is 34.8 Å². The van der Waals surface area contributed by atoms with Crippen LogP contribution in [0.1, 0.15) is 29.6 Å². The van der Waals surface area contributed by atoms with Crippen LogP contribution in [0.15, 0.2) is 12.1 Å². The van der Waals surface area contributed by atoms with Crippen LogP contribution in [-0.2, 0) is 20.0 Å². The summed E-state index contributed by atoms with van der Waals surface area (Å²) in [5.41, 5.74) is 4.04. The molecule has 0 bridgehead atoms. The molecular weight excluding hydrogens is 252 g/mol. The number of nitrogens with one attached hydrogen (secondary N) is 1. The first kappa shape index (κ1) is 14.5. The normalized spacial score (nSPS) is 10.8. The van der Waals surface area contributed by atoms with Crippen LogP contribution in [0.2, 0.25) is 0 Å². The van der Waals surface area contributed by atoms with Gasteiger partial charge in [0.05, 0.1) is 17.0 Å². The molecule has 2 heterocycles. The minimum absolute atomic E-state index is 0.732. The highest BCUT2D eigenvalue weighted by molar-refractivity contribution is 5.38. The zero-order valence-electron chi connectivity index (χ0n) is 12.8. The van der Waals surface area contributed by atoms with E-state index < -0.39 is 0 Å². The van der Waals surface area contributed by atoms with Gasteiger partial charge in [-0.15, -0.1) is 0 Å². The van der Waals surface area contributed by atoms with Crippen molar-refractivity contribution in [2.24, 2.45) is 7.05 Å². The quantitative estimate of drug-likeness (QED) is 0.910. The molecule has 0 unspecified atom stereocenters. The summed E-state index contributed by atoms with van der Waals surface area (Å²) in [5.74, 6) is 1.58. The highest BCUT2D eigenvalue weighted by Crippen LogP contribution is 2.29.